The minimum Gasteiger partial charge on any atom is -0.356 e. The quantitative estimate of drug-likeness (QED) is 0.507. The van der Waals surface area contributed by atoms with E-state index in [0.29, 0.717) is 18.8 Å². The molecule has 2 heterocycles. The van der Waals surface area contributed by atoms with Crippen molar-refractivity contribution in [2.45, 2.75) is 6.42 Å². The molecule has 2 rings (SSSR count). The molecule has 0 N–H and O–H groups in total. The van der Waals surface area contributed by atoms with E-state index in [1.165, 1.54) is 5.06 Å². The van der Waals surface area contributed by atoms with Crippen molar-refractivity contribution in [2.24, 2.45) is 4.99 Å². The molecular formula is C6H6N2O2. The predicted molar refractivity (Wildman–Crippen MR) is 34.0 cm³/mol. The molecule has 1 amide bonds. The smallest absolute Gasteiger partial charge is 0.257 e. The van der Waals surface area contributed by atoms with Crippen LogP contribution in [0.1, 0.15) is 6.42 Å². The van der Waals surface area contributed by atoms with Gasteiger partial charge in [-0.2, -0.15) is 5.06 Å². The van der Waals surface area contributed by atoms with E-state index in [9.17, 15) is 4.79 Å². The van der Waals surface area contributed by atoms with Crippen molar-refractivity contribution < 1.29 is 9.63 Å². The zero-order valence-electron chi connectivity index (χ0n) is 5.28. The Kier molecular flexibility index (Phi) is 1.00. The second-order valence-corrected chi connectivity index (χ2v) is 2.12. The molecule has 0 bridgehead atoms. The summed E-state index contributed by atoms with van der Waals surface area (Å²) >= 11 is 0. The molecule has 10 heavy (non-hydrogen) atoms. The number of nitrogens with zero attached hydrogens (tertiary/aromatic N) is 2. The molecule has 4 heteroatoms. The van der Waals surface area contributed by atoms with E-state index in [1.54, 1.807) is 12.3 Å². The Bertz CT molecular complexity index is 232. The average molecular weight is 138 g/mol. The van der Waals surface area contributed by atoms with Gasteiger partial charge in [0.2, 0.25) is 5.88 Å². The Hall–Kier alpha value is -1.32. The van der Waals surface area contributed by atoms with Gasteiger partial charge in [-0.25, -0.2) is 4.99 Å². The number of allylic oxidation sites excluding steroid dienone is 1. The summed E-state index contributed by atoms with van der Waals surface area (Å²) in [5.41, 5.74) is 0. The van der Waals surface area contributed by atoms with E-state index < -0.39 is 0 Å². The van der Waals surface area contributed by atoms with Crippen LogP contribution in [0.4, 0.5) is 0 Å². The summed E-state index contributed by atoms with van der Waals surface area (Å²) in [7, 11) is 0. The summed E-state index contributed by atoms with van der Waals surface area (Å²) < 4.78 is 0. The van der Waals surface area contributed by atoms with E-state index in [4.69, 9.17) is 4.84 Å². The summed E-state index contributed by atoms with van der Waals surface area (Å²) in [6.45, 7) is 0.686. The topological polar surface area (TPSA) is 41.9 Å². The van der Waals surface area contributed by atoms with Gasteiger partial charge in [0.15, 0.2) is 0 Å². The highest BCUT2D eigenvalue weighted by molar-refractivity contribution is 5.81. The molecule has 0 aromatic heterocycles. The second-order valence-electron chi connectivity index (χ2n) is 2.12. The van der Waals surface area contributed by atoms with Gasteiger partial charge in [-0.15, -0.1) is 0 Å². The lowest BCUT2D eigenvalue weighted by molar-refractivity contribution is -0.192. The molecule has 0 radical (unpaired) electrons. The summed E-state index contributed by atoms with van der Waals surface area (Å²) in [5.74, 6) is 0.552. The van der Waals surface area contributed by atoms with Crippen molar-refractivity contribution >= 4 is 12.1 Å². The first-order valence-corrected chi connectivity index (χ1v) is 3.09. The number of carbonyl (C=O) groups excluding carboxylic acids is 1. The van der Waals surface area contributed by atoms with Crippen LogP contribution in [-0.4, -0.2) is 23.7 Å². The molecule has 0 aliphatic carbocycles. The van der Waals surface area contributed by atoms with E-state index in [2.05, 4.69) is 4.99 Å². The molecule has 0 unspecified atom stereocenters. The maximum atomic E-state index is 10.6. The standard InChI is InChI=1S/C6H6N2O2/c9-6-2-4-8(6)10-5-1-3-7-5/h1,3H,2,4H2. The fraction of sp³-hybridized carbons (Fsp3) is 0.333. The van der Waals surface area contributed by atoms with E-state index >= 15 is 0 Å². The van der Waals surface area contributed by atoms with E-state index in [0.717, 1.165) is 0 Å². The van der Waals surface area contributed by atoms with Crippen LogP contribution in [-0.2, 0) is 9.63 Å². The SMILES string of the molecule is O=C1CCN1OC1=CC=N1. The van der Waals surface area contributed by atoms with Gasteiger partial charge in [0, 0.05) is 12.3 Å². The van der Waals surface area contributed by atoms with Crippen LogP contribution in [0.15, 0.2) is 17.0 Å². The first kappa shape index (κ1) is 5.46. The fourth-order valence-corrected chi connectivity index (χ4v) is 0.693. The molecular weight excluding hydrogens is 132 g/mol. The van der Waals surface area contributed by atoms with Crippen molar-refractivity contribution in [1.82, 2.24) is 5.06 Å². The summed E-state index contributed by atoms with van der Waals surface area (Å²) in [5, 5.41) is 1.31. The molecule has 0 aromatic rings. The summed E-state index contributed by atoms with van der Waals surface area (Å²) in [6.07, 6.45) is 3.93. The molecule has 52 valence electrons. The maximum Gasteiger partial charge on any atom is 0.257 e. The highest BCUT2D eigenvalue weighted by Crippen LogP contribution is 2.15. The van der Waals surface area contributed by atoms with Gasteiger partial charge < -0.3 is 4.84 Å². The molecule has 1 saturated heterocycles. The van der Waals surface area contributed by atoms with Crippen LogP contribution < -0.4 is 0 Å². The van der Waals surface area contributed by atoms with Crippen molar-refractivity contribution in [2.75, 3.05) is 6.54 Å². The van der Waals surface area contributed by atoms with Gasteiger partial charge >= 0.3 is 0 Å². The predicted octanol–water partition coefficient (Wildman–Crippen LogP) is 0.0761. The van der Waals surface area contributed by atoms with Crippen LogP contribution in [0.5, 0.6) is 0 Å². The van der Waals surface area contributed by atoms with Crippen molar-refractivity contribution in [1.29, 1.82) is 0 Å². The number of hydrogen-bond donors (Lipinski definition) is 0. The third-order valence-electron chi connectivity index (χ3n) is 1.43. The summed E-state index contributed by atoms with van der Waals surface area (Å²) in [6, 6.07) is 0. The Labute approximate surface area is 57.7 Å². The van der Waals surface area contributed by atoms with Crippen LogP contribution >= 0.6 is 0 Å². The molecule has 2 aliphatic heterocycles. The number of rotatable bonds is 2. The van der Waals surface area contributed by atoms with Crippen LogP contribution in [0.25, 0.3) is 0 Å². The van der Waals surface area contributed by atoms with Gasteiger partial charge in [-0.3, -0.25) is 4.79 Å². The second kappa shape index (κ2) is 1.83. The molecule has 2 aliphatic rings. The Morgan fingerprint density at radius 1 is 1.70 bits per heavy atom. The largest absolute Gasteiger partial charge is 0.356 e. The Morgan fingerprint density at radius 2 is 2.50 bits per heavy atom. The van der Waals surface area contributed by atoms with Gasteiger partial charge in [0.05, 0.1) is 13.0 Å². The number of amides is 1. The van der Waals surface area contributed by atoms with Gasteiger partial charge in [-0.05, 0) is 0 Å². The lowest BCUT2D eigenvalue weighted by Crippen LogP contribution is -2.42. The minimum absolute atomic E-state index is 0.0306. The number of hydroxylamine groups is 2. The van der Waals surface area contributed by atoms with Crippen LogP contribution in [0.2, 0.25) is 0 Å². The molecule has 4 nitrogen and oxygen atoms in total. The number of carbonyl (C=O) groups is 1. The normalized spacial score (nSPS) is 21.4. The van der Waals surface area contributed by atoms with Gasteiger partial charge in [-0.1, -0.05) is 0 Å². The zero-order chi connectivity index (χ0) is 6.97. The zero-order valence-corrected chi connectivity index (χ0v) is 5.28. The lowest BCUT2D eigenvalue weighted by Gasteiger charge is -2.29. The van der Waals surface area contributed by atoms with E-state index in [-0.39, 0.29) is 5.91 Å². The molecule has 0 spiro atoms. The number of aliphatic imine (C=N–C) groups is 1. The van der Waals surface area contributed by atoms with Crippen LogP contribution in [0, 0.1) is 0 Å². The average Bonchev–Trinajstić information content (AvgIpc) is 1.82. The number of β-lactam (4-membered cyclic amide) rings is 1. The third-order valence-corrected chi connectivity index (χ3v) is 1.43. The summed E-state index contributed by atoms with van der Waals surface area (Å²) in [4.78, 5) is 19.4. The maximum absolute atomic E-state index is 10.6. The first-order chi connectivity index (χ1) is 4.86. The molecule has 0 aromatic carbocycles. The van der Waals surface area contributed by atoms with Crippen molar-refractivity contribution in [3.8, 4) is 0 Å². The lowest BCUT2D eigenvalue weighted by atomic mass is 10.3. The van der Waals surface area contributed by atoms with Crippen LogP contribution in [0.3, 0.4) is 0 Å². The van der Waals surface area contributed by atoms with Gasteiger partial charge in [0.25, 0.3) is 5.91 Å². The molecule has 1 fully saturated rings. The Morgan fingerprint density at radius 3 is 2.80 bits per heavy atom. The van der Waals surface area contributed by atoms with E-state index in [1.807, 2.05) is 0 Å². The third kappa shape index (κ3) is 0.689. The van der Waals surface area contributed by atoms with Crippen molar-refractivity contribution in [3.05, 3.63) is 12.0 Å². The fourth-order valence-electron chi connectivity index (χ4n) is 0.693. The highest BCUT2D eigenvalue weighted by atomic mass is 16.7. The first-order valence-electron chi connectivity index (χ1n) is 3.09. The Balaban J connectivity index is 1.85. The van der Waals surface area contributed by atoms with Gasteiger partial charge in [0.1, 0.15) is 0 Å². The monoisotopic (exact) mass is 138 g/mol. The number of hydrogen-bond acceptors (Lipinski definition) is 3. The highest BCUT2D eigenvalue weighted by Gasteiger charge is 2.26. The van der Waals surface area contributed by atoms with Crippen molar-refractivity contribution in [3.63, 3.8) is 0 Å². The molecule has 0 atom stereocenters. The minimum atomic E-state index is 0.0306. The molecule has 0 saturated carbocycles.